The second-order valence-electron chi connectivity index (χ2n) is 8.91. The molecule has 2 aliphatic rings. The quantitative estimate of drug-likeness (QED) is 0.755. The SMILES string of the molecule is CC(C)(C)c1ccc(C(=O)N2CCC3(CC2)SCC(=O)N3Cc2ccco2)cc1. The molecule has 6 heteroatoms. The molecule has 154 valence electrons. The van der Waals surface area contributed by atoms with Crippen LogP contribution in [0.15, 0.2) is 47.1 Å². The minimum atomic E-state index is -0.225. The molecule has 3 heterocycles. The highest BCUT2D eigenvalue weighted by Crippen LogP contribution is 2.45. The van der Waals surface area contributed by atoms with Crippen molar-refractivity contribution in [2.45, 2.75) is 50.4 Å². The number of benzene rings is 1. The van der Waals surface area contributed by atoms with Gasteiger partial charge in [-0.15, -0.1) is 11.8 Å². The lowest BCUT2D eigenvalue weighted by molar-refractivity contribution is -0.132. The van der Waals surface area contributed by atoms with Crippen molar-refractivity contribution < 1.29 is 14.0 Å². The summed E-state index contributed by atoms with van der Waals surface area (Å²) >= 11 is 1.71. The monoisotopic (exact) mass is 412 g/mol. The number of likely N-dealkylation sites (tertiary alicyclic amines) is 1. The number of hydrogen-bond acceptors (Lipinski definition) is 4. The molecule has 2 aromatic rings. The predicted molar refractivity (Wildman–Crippen MR) is 115 cm³/mol. The molecule has 0 saturated carbocycles. The minimum Gasteiger partial charge on any atom is -0.467 e. The maximum absolute atomic E-state index is 13.0. The van der Waals surface area contributed by atoms with E-state index >= 15 is 0 Å². The van der Waals surface area contributed by atoms with Crippen LogP contribution in [-0.4, -0.2) is 45.3 Å². The Morgan fingerprint density at radius 1 is 1.14 bits per heavy atom. The fourth-order valence-corrected chi connectivity index (χ4v) is 5.48. The lowest BCUT2D eigenvalue weighted by Gasteiger charge is -2.43. The van der Waals surface area contributed by atoms with E-state index in [-0.39, 0.29) is 22.1 Å². The Labute approximate surface area is 176 Å². The van der Waals surface area contributed by atoms with Crippen LogP contribution in [0.25, 0.3) is 0 Å². The van der Waals surface area contributed by atoms with Gasteiger partial charge in [0.25, 0.3) is 5.91 Å². The van der Waals surface area contributed by atoms with Crippen LogP contribution in [0.1, 0.15) is 55.3 Å². The van der Waals surface area contributed by atoms with Gasteiger partial charge in [-0.1, -0.05) is 32.9 Å². The average molecular weight is 413 g/mol. The molecule has 29 heavy (non-hydrogen) atoms. The van der Waals surface area contributed by atoms with Crippen LogP contribution < -0.4 is 0 Å². The maximum atomic E-state index is 13.0. The third-order valence-corrected chi connectivity index (χ3v) is 7.54. The first-order valence-electron chi connectivity index (χ1n) is 10.2. The van der Waals surface area contributed by atoms with Crippen molar-refractivity contribution in [3.63, 3.8) is 0 Å². The fraction of sp³-hybridized carbons (Fsp3) is 0.478. The number of furan rings is 1. The zero-order chi connectivity index (χ0) is 20.6. The summed E-state index contributed by atoms with van der Waals surface area (Å²) in [7, 11) is 0. The van der Waals surface area contributed by atoms with E-state index in [1.165, 1.54) is 5.56 Å². The summed E-state index contributed by atoms with van der Waals surface area (Å²) in [5.74, 6) is 1.54. The van der Waals surface area contributed by atoms with Crippen molar-refractivity contribution in [2.24, 2.45) is 0 Å². The van der Waals surface area contributed by atoms with E-state index in [1.807, 2.05) is 34.1 Å². The summed E-state index contributed by atoms with van der Waals surface area (Å²) in [4.78, 5) is 29.1. The fourth-order valence-electron chi connectivity index (χ4n) is 4.14. The van der Waals surface area contributed by atoms with Crippen LogP contribution in [-0.2, 0) is 16.8 Å². The molecule has 4 rings (SSSR count). The average Bonchev–Trinajstić information content (AvgIpc) is 3.32. The van der Waals surface area contributed by atoms with Gasteiger partial charge in [0.1, 0.15) is 5.76 Å². The van der Waals surface area contributed by atoms with Crippen molar-refractivity contribution in [2.75, 3.05) is 18.8 Å². The second kappa shape index (κ2) is 7.56. The zero-order valence-corrected chi connectivity index (χ0v) is 18.1. The molecule has 0 unspecified atom stereocenters. The van der Waals surface area contributed by atoms with Crippen LogP contribution in [0, 0.1) is 0 Å². The molecule has 2 saturated heterocycles. The van der Waals surface area contributed by atoms with Gasteiger partial charge >= 0.3 is 0 Å². The third kappa shape index (κ3) is 3.95. The van der Waals surface area contributed by atoms with Crippen LogP contribution >= 0.6 is 11.8 Å². The third-order valence-electron chi connectivity index (χ3n) is 5.98. The molecule has 0 bridgehead atoms. The number of amides is 2. The first-order chi connectivity index (χ1) is 13.8. The van der Waals surface area contributed by atoms with E-state index < -0.39 is 0 Å². The number of carbonyl (C=O) groups excluding carboxylic acids is 2. The Morgan fingerprint density at radius 2 is 1.83 bits per heavy atom. The summed E-state index contributed by atoms with van der Waals surface area (Å²) in [6.07, 6.45) is 3.22. The number of hydrogen-bond donors (Lipinski definition) is 0. The van der Waals surface area contributed by atoms with Gasteiger partial charge in [-0.2, -0.15) is 0 Å². The summed E-state index contributed by atoms with van der Waals surface area (Å²) in [6.45, 7) is 8.33. The normalized spacial score (nSPS) is 19.2. The molecule has 2 amide bonds. The zero-order valence-electron chi connectivity index (χ0n) is 17.3. The van der Waals surface area contributed by atoms with Crippen molar-refractivity contribution in [1.29, 1.82) is 0 Å². The Kier molecular flexibility index (Phi) is 5.23. The Hall–Kier alpha value is -2.21. The van der Waals surface area contributed by atoms with Crippen molar-refractivity contribution in [3.8, 4) is 0 Å². The van der Waals surface area contributed by atoms with Crippen LogP contribution in [0.5, 0.6) is 0 Å². The highest BCUT2D eigenvalue weighted by molar-refractivity contribution is 8.01. The highest BCUT2D eigenvalue weighted by Gasteiger charge is 2.48. The van der Waals surface area contributed by atoms with E-state index in [4.69, 9.17) is 4.42 Å². The number of piperidine rings is 1. The number of carbonyl (C=O) groups is 2. The lowest BCUT2D eigenvalue weighted by Crippen LogP contribution is -2.52. The first kappa shape index (κ1) is 20.1. The number of rotatable bonds is 3. The topological polar surface area (TPSA) is 53.8 Å². The van der Waals surface area contributed by atoms with Crippen LogP contribution in [0.2, 0.25) is 0 Å². The number of thioether (sulfide) groups is 1. The van der Waals surface area contributed by atoms with Gasteiger partial charge in [-0.3, -0.25) is 9.59 Å². The molecule has 1 aromatic heterocycles. The Morgan fingerprint density at radius 3 is 2.41 bits per heavy atom. The largest absolute Gasteiger partial charge is 0.467 e. The molecule has 0 aliphatic carbocycles. The second-order valence-corrected chi connectivity index (χ2v) is 10.3. The van der Waals surface area contributed by atoms with Gasteiger partial charge in [-0.25, -0.2) is 0 Å². The molecule has 2 aliphatic heterocycles. The standard InChI is InChI=1S/C23H28N2O3S/c1-22(2,3)18-8-6-17(7-9-18)21(27)24-12-10-23(11-13-24)25(20(26)16-29-23)15-19-5-4-14-28-19/h4-9,14H,10-13,15-16H2,1-3H3. The van der Waals surface area contributed by atoms with Gasteiger partial charge < -0.3 is 14.2 Å². The molecule has 0 N–H and O–H groups in total. The Balaban J connectivity index is 1.43. The summed E-state index contributed by atoms with van der Waals surface area (Å²) < 4.78 is 5.46. The highest BCUT2D eigenvalue weighted by atomic mass is 32.2. The van der Waals surface area contributed by atoms with Crippen LogP contribution in [0.3, 0.4) is 0 Å². The van der Waals surface area contributed by atoms with Crippen molar-refractivity contribution in [3.05, 3.63) is 59.5 Å². The lowest BCUT2D eigenvalue weighted by atomic mass is 9.86. The van der Waals surface area contributed by atoms with Gasteiger partial charge in [-0.05, 0) is 48.1 Å². The summed E-state index contributed by atoms with van der Waals surface area (Å²) in [5, 5.41) is 0. The van der Waals surface area contributed by atoms with Crippen molar-refractivity contribution in [1.82, 2.24) is 9.80 Å². The van der Waals surface area contributed by atoms with E-state index in [0.717, 1.165) is 24.2 Å². The molecular weight excluding hydrogens is 384 g/mol. The molecule has 0 atom stereocenters. The summed E-state index contributed by atoms with van der Waals surface area (Å²) in [5.41, 5.74) is 2.03. The van der Waals surface area contributed by atoms with E-state index in [1.54, 1.807) is 18.0 Å². The molecule has 1 spiro atoms. The molecular formula is C23H28N2O3S. The maximum Gasteiger partial charge on any atom is 0.253 e. The first-order valence-corrected chi connectivity index (χ1v) is 11.1. The van der Waals surface area contributed by atoms with E-state index in [2.05, 4.69) is 32.9 Å². The summed E-state index contributed by atoms with van der Waals surface area (Å²) in [6, 6.07) is 11.7. The molecule has 0 radical (unpaired) electrons. The Bertz CT molecular complexity index is 876. The van der Waals surface area contributed by atoms with Gasteiger partial charge in [0, 0.05) is 18.7 Å². The van der Waals surface area contributed by atoms with E-state index in [9.17, 15) is 9.59 Å². The van der Waals surface area contributed by atoms with E-state index in [0.29, 0.717) is 25.4 Å². The molecule has 2 fully saturated rings. The van der Waals surface area contributed by atoms with Gasteiger partial charge in [0.2, 0.25) is 5.91 Å². The van der Waals surface area contributed by atoms with Crippen molar-refractivity contribution >= 4 is 23.6 Å². The van der Waals surface area contributed by atoms with Gasteiger partial charge in [0.05, 0.1) is 23.4 Å². The molecule has 1 aromatic carbocycles. The van der Waals surface area contributed by atoms with Gasteiger partial charge in [0.15, 0.2) is 0 Å². The number of nitrogens with zero attached hydrogens (tertiary/aromatic N) is 2. The minimum absolute atomic E-state index is 0.0722. The predicted octanol–water partition coefficient (Wildman–Crippen LogP) is 4.29. The molecule has 5 nitrogen and oxygen atoms in total. The smallest absolute Gasteiger partial charge is 0.253 e. The van der Waals surface area contributed by atoms with Crippen LogP contribution in [0.4, 0.5) is 0 Å².